The summed E-state index contributed by atoms with van der Waals surface area (Å²) in [5.74, 6) is -0.119. The normalized spacial score (nSPS) is 13.1. The minimum atomic E-state index is -1.07. The number of amides is 1. The Morgan fingerprint density at radius 3 is 2.25 bits per heavy atom. The first-order valence-electron chi connectivity index (χ1n) is 10.4. The Morgan fingerprint density at radius 2 is 1.62 bits per heavy atom. The zero-order chi connectivity index (χ0) is 22.3. The number of ether oxygens (including phenoxy) is 1. The molecule has 0 saturated carbocycles. The Labute approximate surface area is 191 Å². The number of fused-ring (bicyclic) bond motifs is 3. The van der Waals surface area contributed by atoms with Gasteiger partial charge in [-0.1, -0.05) is 48.5 Å². The van der Waals surface area contributed by atoms with Crippen LogP contribution < -0.4 is 5.32 Å². The van der Waals surface area contributed by atoms with E-state index < -0.39 is 18.1 Å². The number of nitrogens with one attached hydrogen (secondary N) is 1. The molecule has 1 heterocycles. The van der Waals surface area contributed by atoms with Crippen LogP contribution in [0.4, 0.5) is 4.79 Å². The number of rotatable bonds is 9. The van der Waals surface area contributed by atoms with Crippen LogP contribution >= 0.6 is 11.8 Å². The molecule has 0 aliphatic heterocycles. The van der Waals surface area contributed by atoms with E-state index in [0.717, 1.165) is 40.0 Å². The van der Waals surface area contributed by atoms with Crippen LogP contribution in [-0.2, 0) is 16.0 Å². The van der Waals surface area contributed by atoms with Crippen molar-refractivity contribution in [2.24, 2.45) is 0 Å². The monoisotopic (exact) mass is 448 g/mol. The van der Waals surface area contributed by atoms with E-state index in [1.807, 2.05) is 48.5 Å². The smallest absolute Gasteiger partial charge is 0.407 e. The van der Waals surface area contributed by atoms with Crippen LogP contribution in [0.15, 0.2) is 73.1 Å². The van der Waals surface area contributed by atoms with E-state index in [1.165, 1.54) is 11.8 Å². The molecule has 1 aliphatic carbocycles. The molecular weight excluding hydrogens is 424 g/mol. The molecule has 3 aromatic rings. The number of aliphatic carboxylic acids is 1. The van der Waals surface area contributed by atoms with Gasteiger partial charge in [-0.2, -0.15) is 11.8 Å². The molecule has 4 rings (SSSR count). The van der Waals surface area contributed by atoms with Gasteiger partial charge in [0, 0.05) is 24.1 Å². The lowest BCUT2D eigenvalue weighted by Gasteiger charge is -2.17. The Morgan fingerprint density at radius 1 is 1.00 bits per heavy atom. The Kier molecular flexibility index (Phi) is 7.07. The van der Waals surface area contributed by atoms with Crippen LogP contribution in [0.2, 0.25) is 0 Å². The van der Waals surface area contributed by atoms with E-state index in [4.69, 9.17) is 4.74 Å². The summed E-state index contributed by atoms with van der Waals surface area (Å²) in [6.45, 7) is 0.154. The van der Waals surface area contributed by atoms with Gasteiger partial charge in [0.1, 0.15) is 12.6 Å². The van der Waals surface area contributed by atoms with Crippen molar-refractivity contribution in [2.45, 2.75) is 18.4 Å². The zero-order valence-corrected chi connectivity index (χ0v) is 18.3. The fourth-order valence-corrected chi connectivity index (χ4v) is 4.91. The standard InChI is InChI=1S/C25H24N2O4S/c28-24(29)23(16-32-14-11-17-9-12-26-13-10-17)27-25(30)31-15-22-20-7-3-1-5-18(20)19-6-2-4-8-21(19)22/h1-10,12-13,22-23H,11,14-16H2,(H,27,30)(H,28,29)/t23-/m0/s1. The molecular formula is C25H24N2O4S. The van der Waals surface area contributed by atoms with E-state index in [0.29, 0.717) is 0 Å². The molecule has 0 bridgehead atoms. The lowest BCUT2D eigenvalue weighted by atomic mass is 9.98. The van der Waals surface area contributed by atoms with Crippen LogP contribution in [0.1, 0.15) is 22.6 Å². The molecule has 2 N–H and O–H groups in total. The van der Waals surface area contributed by atoms with Crippen molar-refractivity contribution in [3.8, 4) is 11.1 Å². The highest BCUT2D eigenvalue weighted by molar-refractivity contribution is 7.99. The maximum Gasteiger partial charge on any atom is 0.407 e. The van der Waals surface area contributed by atoms with Gasteiger partial charge in [-0.15, -0.1) is 0 Å². The lowest BCUT2D eigenvalue weighted by Crippen LogP contribution is -2.43. The summed E-state index contributed by atoms with van der Waals surface area (Å²) >= 11 is 1.48. The predicted molar refractivity (Wildman–Crippen MR) is 125 cm³/mol. The first kappa shape index (κ1) is 21.9. The molecule has 1 atom stereocenters. The van der Waals surface area contributed by atoms with Crippen molar-refractivity contribution >= 4 is 23.8 Å². The minimum absolute atomic E-state index is 0.0637. The quantitative estimate of drug-likeness (QED) is 0.473. The predicted octanol–water partition coefficient (Wildman–Crippen LogP) is 4.35. The average molecular weight is 449 g/mol. The Bertz CT molecular complexity index is 1040. The van der Waals surface area contributed by atoms with Gasteiger partial charge in [0.25, 0.3) is 0 Å². The maximum absolute atomic E-state index is 12.4. The molecule has 0 fully saturated rings. The fourth-order valence-electron chi connectivity index (χ4n) is 3.90. The summed E-state index contributed by atoms with van der Waals surface area (Å²) in [6, 6.07) is 19.0. The van der Waals surface area contributed by atoms with Gasteiger partial charge < -0.3 is 15.2 Å². The highest BCUT2D eigenvalue weighted by Gasteiger charge is 2.29. The minimum Gasteiger partial charge on any atom is -0.480 e. The van der Waals surface area contributed by atoms with Crippen molar-refractivity contribution in [3.05, 3.63) is 89.7 Å². The van der Waals surface area contributed by atoms with Gasteiger partial charge in [-0.25, -0.2) is 9.59 Å². The van der Waals surface area contributed by atoms with E-state index in [1.54, 1.807) is 12.4 Å². The van der Waals surface area contributed by atoms with E-state index in [-0.39, 0.29) is 18.3 Å². The number of hydrogen-bond donors (Lipinski definition) is 2. The van der Waals surface area contributed by atoms with Gasteiger partial charge in [-0.3, -0.25) is 4.98 Å². The number of carbonyl (C=O) groups excluding carboxylic acids is 1. The van der Waals surface area contributed by atoms with Crippen LogP contribution in [0.5, 0.6) is 0 Å². The number of carboxylic acid groups (broad SMARTS) is 1. The SMILES string of the molecule is O=C(N[C@@H](CSCCc1ccncc1)C(=O)O)OCC1c2ccccc2-c2ccccc21. The average Bonchev–Trinajstić information content (AvgIpc) is 3.14. The van der Waals surface area contributed by atoms with Crippen LogP contribution in [-0.4, -0.2) is 46.3 Å². The molecule has 6 nitrogen and oxygen atoms in total. The number of aryl methyl sites for hydroxylation is 1. The van der Waals surface area contributed by atoms with E-state index in [9.17, 15) is 14.7 Å². The molecule has 0 radical (unpaired) electrons. The zero-order valence-electron chi connectivity index (χ0n) is 17.4. The molecule has 1 aromatic heterocycles. The topological polar surface area (TPSA) is 88.5 Å². The summed E-state index contributed by atoms with van der Waals surface area (Å²) in [6.07, 6.45) is 3.57. The third kappa shape index (κ3) is 5.11. The van der Waals surface area contributed by atoms with Crippen LogP contribution in [0.25, 0.3) is 11.1 Å². The highest BCUT2D eigenvalue weighted by Crippen LogP contribution is 2.44. The second-order valence-electron chi connectivity index (χ2n) is 7.54. The molecule has 1 amide bonds. The third-order valence-corrected chi connectivity index (χ3v) is 6.56. The second-order valence-corrected chi connectivity index (χ2v) is 8.69. The largest absolute Gasteiger partial charge is 0.480 e. The fraction of sp³-hybridized carbons (Fsp3) is 0.240. The summed E-state index contributed by atoms with van der Waals surface area (Å²) < 4.78 is 5.47. The van der Waals surface area contributed by atoms with Gasteiger partial charge in [0.15, 0.2) is 0 Å². The van der Waals surface area contributed by atoms with Crippen molar-refractivity contribution in [1.29, 1.82) is 0 Å². The van der Waals surface area contributed by atoms with Crippen molar-refractivity contribution in [2.75, 3.05) is 18.1 Å². The van der Waals surface area contributed by atoms with Gasteiger partial charge >= 0.3 is 12.1 Å². The third-order valence-electron chi connectivity index (χ3n) is 5.50. The highest BCUT2D eigenvalue weighted by atomic mass is 32.2. The van der Waals surface area contributed by atoms with Crippen molar-refractivity contribution < 1.29 is 19.4 Å². The number of carboxylic acids is 1. The van der Waals surface area contributed by atoms with Crippen molar-refractivity contribution in [3.63, 3.8) is 0 Å². The number of alkyl carbamates (subject to hydrolysis) is 1. The summed E-state index contributed by atoms with van der Waals surface area (Å²) in [5.41, 5.74) is 5.66. The molecule has 32 heavy (non-hydrogen) atoms. The molecule has 1 aliphatic rings. The number of benzene rings is 2. The van der Waals surface area contributed by atoms with Crippen LogP contribution in [0.3, 0.4) is 0 Å². The first-order chi connectivity index (χ1) is 15.6. The maximum atomic E-state index is 12.4. The molecule has 0 spiro atoms. The number of hydrogen-bond acceptors (Lipinski definition) is 5. The van der Waals surface area contributed by atoms with Gasteiger partial charge in [-0.05, 0) is 52.1 Å². The molecule has 0 saturated heterocycles. The number of aromatic nitrogens is 1. The lowest BCUT2D eigenvalue weighted by molar-refractivity contribution is -0.138. The number of thioether (sulfide) groups is 1. The number of pyridine rings is 1. The number of carbonyl (C=O) groups is 2. The first-order valence-corrected chi connectivity index (χ1v) is 11.6. The molecule has 164 valence electrons. The summed E-state index contributed by atoms with van der Waals surface area (Å²) in [5, 5.41) is 12.0. The van der Waals surface area contributed by atoms with Gasteiger partial charge in [0.05, 0.1) is 0 Å². The molecule has 7 heteroatoms. The Balaban J connectivity index is 1.30. The van der Waals surface area contributed by atoms with E-state index >= 15 is 0 Å². The summed E-state index contributed by atoms with van der Waals surface area (Å²) in [4.78, 5) is 28.0. The summed E-state index contributed by atoms with van der Waals surface area (Å²) in [7, 11) is 0. The molecule has 2 aromatic carbocycles. The van der Waals surface area contributed by atoms with Gasteiger partial charge in [0.2, 0.25) is 0 Å². The Hall–Kier alpha value is -3.32. The number of nitrogens with zero attached hydrogens (tertiary/aromatic N) is 1. The van der Waals surface area contributed by atoms with E-state index in [2.05, 4.69) is 22.4 Å². The molecule has 0 unspecified atom stereocenters. The van der Waals surface area contributed by atoms with Crippen LogP contribution in [0, 0.1) is 0 Å². The van der Waals surface area contributed by atoms with Crippen molar-refractivity contribution in [1.82, 2.24) is 10.3 Å². The second kappa shape index (κ2) is 10.3.